The van der Waals surface area contributed by atoms with E-state index in [1.807, 2.05) is 18.2 Å². The fraction of sp³-hybridized carbons (Fsp3) is 0.579. The molecule has 1 unspecified atom stereocenters. The number of aliphatic hydroxyl groups is 1. The minimum atomic E-state index is -0.566. The molecule has 4 nitrogen and oxygen atoms in total. The summed E-state index contributed by atoms with van der Waals surface area (Å²) in [5.74, 6) is 1.79. The maximum atomic E-state index is 10.2. The summed E-state index contributed by atoms with van der Waals surface area (Å²) >= 11 is 0. The van der Waals surface area contributed by atoms with E-state index in [2.05, 4.69) is 19.9 Å². The van der Waals surface area contributed by atoms with Crippen molar-refractivity contribution in [2.24, 2.45) is 5.73 Å². The predicted octanol–water partition coefficient (Wildman–Crippen LogP) is 3.79. The summed E-state index contributed by atoms with van der Waals surface area (Å²) < 4.78 is 11.3. The summed E-state index contributed by atoms with van der Waals surface area (Å²) in [4.78, 5) is 0. The summed E-state index contributed by atoms with van der Waals surface area (Å²) in [6.45, 7) is 4.82. The van der Waals surface area contributed by atoms with Crippen molar-refractivity contribution in [2.45, 2.75) is 57.7 Å². The maximum absolute atomic E-state index is 10.2. The van der Waals surface area contributed by atoms with Gasteiger partial charge in [-0.2, -0.15) is 0 Å². The highest BCUT2D eigenvalue weighted by Gasteiger charge is 2.50. The van der Waals surface area contributed by atoms with Crippen LogP contribution < -0.4 is 10.5 Å². The Morgan fingerprint density at radius 3 is 2.52 bits per heavy atom. The molecule has 3 N–H and O–H groups in total. The summed E-state index contributed by atoms with van der Waals surface area (Å²) in [5, 5.41) is 10.2. The lowest BCUT2D eigenvalue weighted by molar-refractivity contribution is 0.170. The summed E-state index contributed by atoms with van der Waals surface area (Å²) in [6.07, 6.45) is 6.37. The van der Waals surface area contributed by atoms with Crippen LogP contribution in [0.5, 0.6) is 5.75 Å². The van der Waals surface area contributed by atoms with Gasteiger partial charge in [-0.3, -0.25) is 0 Å². The number of aliphatic hydroxyl groups excluding tert-OH is 1. The Hall–Kier alpha value is -1.52. The molecule has 0 amide bonds. The Morgan fingerprint density at radius 1 is 1.26 bits per heavy atom. The van der Waals surface area contributed by atoms with Gasteiger partial charge in [-0.25, -0.2) is 0 Å². The zero-order valence-electron chi connectivity index (χ0n) is 14.5. The van der Waals surface area contributed by atoms with Crippen molar-refractivity contribution in [1.82, 2.24) is 0 Å². The Balaban J connectivity index is 2.26. The van der Waals surface area contributed by atoms with Crippen molar-refractivity contribution in [1.29, 1.82) is 0 Å². The Morgan fingerprint density at radius 2 is 1.96 bits per heavy atom. The molecule has 1 aromatic rings. The number of nitrogens with two attached hydrogens (primary N) is 1. The molecule has 2 rings (SSSR count). The number of methoxy groups -OCH3 is 1. The van der Waals surface area contributed by atoms with Gasteiger partial charge in [0.2, 0.25) is 0 Å². The van der Waals surface area contributed by atoms with Gasteiger partial charge in [0.05, 0.1) is 13.2 Å². The van der Waals surface area contributed by atoms with Crippen LogP contribution in [0.2, 0.25) is 0 Å². The lowest BCUT2D eigenvalue weighted by atomic mass is 9.95. The van der Waals surface area contributed by atoms with Gasteiger partial charge in [-0.1, -0.05) is 26.7 Å². The molecule has 128 valence electrons. The monoisotopic (exact) mass is 319 g/mol. The van der Waals surface area contributed by atoms with E-state index in [1.54, 1.807) is 7.11 Å². The molecule has 1 aliphatic heterocycles. The van der Waals surface area contributed by atoms with Crippen LogP contribution in [-0.4, -0.2) is 24.4 Å². The van der Waals surface area contributed by atoms with Crippen LogP contribution in [0.15, 0.2) is 24.0 Å². The molecule has 0 spiro atoms. The third kappa shape index (κ3) is 4.27. The highest BCUT2D eigenvalue weighted by Crippen LogP contribution is 2.49. The van der Waals surface area contributed by atoms with Gasteiger partial charge in [0.1, 0.15) is 11.5 Å². The number of benzene rings is 1. The fourth-order valence-electron chi connectivity index (χ4n) is 3.14. The zero-order chi connectivity index (χ0) is 16.9. The second-order valence-electron chi connectivity index (χ2n) is 6.24. The normalized spacial score (nSPS) is 18.6. The number of ether oxygens (including phenoxy) is 2. The van der Waals surface area contributed by atoms with Gasteiger partial charge in [0.15, 0.2) is 5.60 Å². The molecule has 1 fully saturated rings. The summed E-state index contributed by atoms with van der Waals surface area (Å²) in [5.41, 5.74) is 7.31. The van der Waals surface area contributed by atoms with E-state index in [9.17, 15) is 5.11 Å². The van der Waals surface area contributed by atoms with E-state index in [-0.39, 0.29) is 5.60 Å². The average molecular weight is 319 g/mol. The molecule has 1 heterocycles. The van der Waals surface area contributed by atoms with Crippen LogP contribution in [0.1, 0.15) is 63.2 Å². The fourth-order valence-corrected chi connectivity index (χ4v) is 3.14. The quantitative estimate of drug-likeness (QED) is 0.680. The predicted molar refractivity (Wildman–Crippen MR) is 93.2 cm³/mol. The highest BCUT2D eigenvalue weighted by atomic mass is 16.6. The van der Waals surface area contributed by atoms with Crippen LogP contribution in [0, 0.1) is 0 Å². The second-order valence-corrected chi connectivity index (χ2v) is 6.24. The number of epoxide rings is 1. The lowest BCUT2D eigenvalue weighted by Gasteiger charge is -2.12. The molecule has 0 saturated carbocycles. The smallest absolute Gasteiger partial charge is 0.165 e. The molecule has 1 aliphatic rings. The third-order valence-corrected chi connectivity index (χ3v) is 4.33. The van der Waals surface area contributed by atoms with Gasteiger partial charge in [0.25, 0.3) is 0 Å². The molecule has 0 radical (unpaired) electrons. The van der Waals surface area contributed by atoms with Gasteiger partial charge in [-0.05, 0) is 61.2 Å². The van der Waals surface area contributed by atoms with Crippen molar-refractivity contribution < 1.29 is 14.6 Å². The van der Waals surface area contributed by atoms with Crippen molar-refractivity contribution in [3.8, 4) is 5.75 Å². The molecular formula is C19H29NO3. The topological polar surface area (TPSA) is 68.0 Å². The van der Waals surface area contributed by atoms with Crippen LogP contribution in [-0.2, 0) is 4.74 Å². The molecule has 4 heteroatoms. The van der Waals surface area contributed by atoms with Crippen LogP contribution in [0.4, 0.5) is 0 Å². The Bertz CT molecular complexity index is 548. The molecule has 1 atom stereocenters. The number of hydrogen-bond acceptors (Lipinski definition) is 4. The van der Waals surface area contributed by atoms with E-state index in [1.165, 1.54) is 0 Å². The molecule has 0 aliphatic carbocycles. The SMILES string of the molecule is CCCC1(CCC)OC1=Cc1cc(OC)cc(C(O)CCN)c1. The number of hydrogen-bond donors (Lipinski definition) is 2. The molecular weight excluding hydrogens is 290 g/mol. The van der Waals surface area contributed by atoms with E-state index >= 15 is 0 Å². The summed E-state index contributed by atoms with van der Waals surface area (Å²) in [7, 11) is 1.64. The number of rotatable bonds is 9. The Kier molecular flexibility index (Phi) is 6.08. The first-order chi connectivity index (χ1) is 11.1. The lowest BCUT2D eigenvalue weighted by Crippen LogP contribution is -2.08. The standard InChI is InChI=1S/C19H29NO3/c1-4-7-19(8-5-2)18(23-19)12-14-10-15(17(21)6-9-20)13-16(11-14)22-3/h10-13,17,21H,4-9,20H2,1-3H3. The van der Waals surface area contributed by atoms with Crippen molar-refractivity contribution in [3.05, 3.63) is 35.1 Å². The molecule has 1 aromatic carbocycles. The molecule has 23 heavy (non-hydrogen) atoms. The van der Waals surface area contributed by atoms with Gasteiger partial charge >= 0.3 is 0 Å². The zero-order valence-corrected chi connectivity index (χ0v) is 14.5. The van der Waals surface area contributed by atoms with Crippen LogP contribution >= 0.6 is 0 Å². The van der Waals surface area contributed by atoms with Crippen molar-refractivity contribution >= 4 is 6.08 Å². The van der Waals surface area contributed by atoms with Crippen molar-refractivity contribution in [2.75, 3.05) is 13.7 Å². The van der Waals surface area contributed by atoms with Crippen molar-refractivity contribution in [3.63, 3.8) is 0 Å². The molecule has 0 aromatic heterocycles. The van der Waals surface area contributed by atoms with E-state index < -0.39 is 6.10 Å². The molecule has 1 saturated heterocycles. The largest absolute Gasteiger partial charge is 0.497 e. The minimum Gasteiger partial charge on any atom is -0.497 e. The van der Waals surface area contributed by atoms with Gasteiger partial charge in [-0.15, -0.1) is 0 Å². The van der Waals surface area contributed by atoms with E-state index in [0.717, 1.165) is 48.3 Å². The first kappa shape index (κ1) is 17.8. The van der Waals surface area contributed by atoms with Gasteiger partial charge < -0.3 is 20.3 Å². The molecule has 0 bridgehead atoms. The van der Waals surface area contributed by atoms with E-state index in [4.69, 9.17) is 15.2 Å². The Labute approximate surface area is 139 Å². The van der Waals surface area contributed by atoms with E-state index in [0.29, 0.717) is 13.0 Å². The maximum Gasteiger partial charge on any atom is 0.165 e. The third-order valence-electron chi connectivity index (χ3n) is 4.33. The average Bonchev–Trinajstić information content (AvgIpc) is 3.19. The first-order valence-corrected chi connectivity index (χ1v) is 8.56. The second kappa shape index (κ2) is 7.84. The first-order valence-electron chi connectivity index (χ1n) is 8.56. The van der Waals surface area contributed by atoms with Crippen LogP contribution in [0.25, 0.3) is 6.08 Å². The van der Waals surface area contributed by atoms with Gasteiger partial charge in [0, 0.05) is 0 Å². The van der Waals surface area contributed by atoms with Crippen LogP contribution in [0.3, 0.4) is 0 Å². The summed E-state index contributed by atoms with van der Waals surface area (Å²) in [6, 6.07) is 5.82. The minimum absolute atomic E-state index is 0.0669. The highest BCUT2D eigenvalue weighted by molar-refractivity contribution is 5.60.